The molecule has 12 heteroatoms. The van der Waals surface area contributed by atoms with Gasteiger partial charge in [-0.3, -0.25) is 4.79 Å². The first kappa shape index (κ1) is 22.7. The van der Waals surface area contributed by atoms with Crippen molar-refractivity contribution in [3.05, 3.63) is 76.7 Å². The Balaban J connectivity index is 1.42. The highest BCUT2D eigenvalue weighted by Crippen LogP contribution is 2.36. The summed E-state index contributed by atoms with van der Waals surface area (Å²) in [7, 11) is 0. The van der Waals surface area contributed by atoms with Gasteiger partial charge in [-0.05, 0) is 35.9 Å². The molecule has 1 amide bonds. The van der Waals surface area contributed by atoms with Crippen LogP contribution in [-0.4, -0.2) is 20.4 Å². The summed E-state index contributed by atoms with van der Waals surface area (Å²) in [5.74, 6) is -2.47. The van der Waals surface area contributed by atoms with Crippen LogP contribution in [0.3, 0.4) is 0 Å². The number of hydrogen-bond donors (Lipinski definition) is 2. The van der Waals surface area contributed by atoms with Gasteiger partial charge in [0.1, 0.15) is 29.0 Å². The summed E-state index contributed by atoms with van der Waals surface area (Å²) >= 11 is 0. The molecule has 3 N–H and O–H groups in total. The number of carbonyl (C=O) groups excluding carboxylic acids is 1. The van der Waals surface area contributed by atoms with Gasteiger partial charge in [0, 0.05) is 17.3 Å². The first-order valence-corrected chi connectivity index (χ1v) is 10.3. The molecule has 5 rings (SSSR count). The number of amides is 1. The van der Waals surface area contributed by atoms with E-state index in [1.165, 1.54) is 18.5 Å². The van der Waals surface area contributed by atoms with Crippen molar-refractivity contribution in [1.82, 2.24) is 14.5 Å². The SMILES string of the molecule is Nc1ncnc2c3c(n(-c4ccc(NC(=O)Cc5cc(C(F)(F)F)ccc5F)c(F)c4)c12)COC3. The van der Waals surface area contributed by atoms with Crippen molar-refractivity contribution < 1.29 is 31.5 Å². The predicted octanol–water partition coefficient (Wildman–Crippen LogP) is 4.51. The van der Waals surface area contributed by atoms with Gasteiger partial charge in [-0.25, -0.2) is 18.7 Å². The zero-order chi connectivity index (χ0) is 24.9. The fourth-order valence-corrected chi connectivity index (χ4v) is 4.08. The Morgan fingerprint density at radius 1 is 1.09 bits per heavy atom. The number of hydrogen-bond acceptors (Lipinski definition) is 5. The number of nitrogens with one attached hydrogen (secondary N) is 1. The van der Waals surface area contributed by atoms with E-state index in [0.29, 0.717) is 41.5 Å². The van der Waals surface area contributed by atoms with Crippen molar-refractivity contribution in [2.24, 2.45) is 0 Å². The Morgan fingerprint density at radius 3 is 2.63 bits per heavy atom. The van der Waals surface area contributed by atoms with Crippen LogP contribution >= 0.6 is 0 Å². The average Bonchev–Trinajstić information content (AvgIpc) is 3.38. The molecule has 7 nitrogen and oxygen atoms in total. The molecule has 0 radical (unpaired) electrons. The highest BCUT2D eigenvalue weighted by molar-refractivity contribution is 5.93. The monoisotopic (exact) mass is 489 g/mol. The third-order valence-electron chi connectivity index (χ3n) is 5.67. The summed E-state index contributed by atoms with van der Waals surface area (Å²) in [4.78, 5) is 20.6. The molecule has 180 valence electrons. The molecule has 2 aromatic carbocycles. The molecular formula is C23H16F5N5O2. The number of alkyl halides is 3. The van der Waals surface area contributed by atoms with Crippen LogP contribution in [0, 0.1) is 11.6 Å². The number of halogens is 5. The van der Waals surface area contributed by atoms with E-state index >= 15 is 0 Å². The van der Waals surface area contributed by atoms with Gasteiger partial charge in [-0.2, -0.15) is 13.2 Å². The van der Waals surface area contributed by atoms with Gasteiger partial charge in [0.2, 0.25) is 5.91 Å². The number of benzene rings is 2. The van der Waals surface area contributed by atoms with Gasteiger partial charge in [-0.1, -0.05) is 0 Å². The maximum atomic E-state index is 14.9. The Kier molecular flexibility index (Phi) is 5.39. The lowest BCUT2D eigenvalue weighted by Crippen LogP contribution is -2.17. The zero-order valence-electron chi connectivity index (χ0n) is 17.8. The molecule has 3 heterocycles. The number of nitrogen functional groups attached to an aromatic ring is 1. The minimum Gasteiger partial charge on any atom is -0.382 e. The second-order valence-corrected chi connectivity index (χ2v) is 7.90. The van der Waals surface area contributed by atoms with Crippen LogP contribution in [0.5, 0.6) is 0 Å². The van der Waals surface area contributed by atoms with Crippen molar-refractivity contribution in [3.63, 3.8) is 0 Å². The average molecular weight is 489 g/mol. The fourth-order valence-electron chi connectivity index (χ4n) is 4.08. The van der Waals surface area contributed by atoms with Crippen LogP contribution in [0.2, 0.25) is 0 Å². The molecule has 0 saturated carbocycles. The normalized spacial score (nSPS) is 13.3. The molecule has 0 unspecified atom stereocenters. The number of nitrogens with two attached hydrogens (primary N) is 1. The van der Waals surface area contributed by atoms with Crippen molar-refractivity contribution in [1.29, 1.82) is 0 Å². The molecule has 4 aromatic rings. The molecule has 0 saturated heterocycles. The maximum absolute atomic E-state index is 14.9. The quantitative estimate of drug-likeness (QED) is 0.412. The number of ether oxygens (including phenoxy) is 1. The Morgan fingerprint density at radius 2 is 1.89 bits per heavy atom. The van der Waals surface area contributed by atoms with E-state index in [1.54, 1.807) is 4.57 Å². The molecular weight excluding hydrogens is 473 g/mol. The van der Waals surface area contributed by atoms with Gasteiger partial charge in [0.15, 0.2) is 5.82 Å². The van der Waals surface area contributed by atoms with E-state index in [9.17, 15) is 26.7 Å². The van der Waals surface area contributed by atoms with Crippen LogP contribution in [0.1, 0.15) is 22.4 Å². The highest BCUT2D eigenvalue weighted by Gasteiger charge is 2.31. The molecule has 35 heavy (non-hydrogen) atoms. The number of fused-ring (bicyclic) bond motifs is 3. The highest BCUT2D eigenvalue weighted by atomic mass is 19.4. The molecule has 0 bridgehead atoms. The van der Waals surface area contributed by atoms with Gasteiger partial charge in [0.25, 0.3) is 0 Å². The van der Waals surface area contributed by atoms with E-state index in [1.807, 2.05) is 0 Å². The van der Waals surface area contributed by atoms with Crippen LogP contribution in [-0.2, 0) is 35.3 Å². The van der Waals surface area contributed by atoms with Crippen LogP contribution < -0.4 is 11.1 Å². The zero-order valence-corrected chi connectivity index (χ0v) is 17.8. The lowest BCUT2D eigenvalue weighted by atomic mass is 10.1. The predicted molar refractivity (Wildman–Crippen MR) is 115 cm³/mol. The standard InChI is InChI=1S/C23H16F5N5O2/c24-15-3-1-12(23(26,27)28)5-11(15)6-19(34)32-17-4-2-13(7-16(17)25)33-18-9-35-8-14(18)20-21(33)22(29)31-10-30-20/h1-5,7,10H,6,8-9H2,(H,32,34)(H2,29,30,31). The van der Waals surface area contributed by atoms with Crippen molar-refractivity contribution in [3.8, 4) is 5.69 Å². The number of anilines is 2. The smallest absolute Gasteiger partial charge is 0.382 e. The van der Waals surface area contributed by atoms with E-state index in [2.05, 4.69) is 15.3 Å². The largest absolute Gasteiger partial charge is 0.416 e. The number of carbonyl (C=O) groups is 1. The van der Waals surface area contributed by atoms with E-state index < -0.39 is 41.3 Å². The van der Waals surface area contributed by atoms with Gasteiger partial charge in [-0.15, -0.1) is 0 Å². The minimum atomic E-state index is -4.69. The molecule has 0 fully saturated rings. The van der Waals surface area contributed by atoms with Crippen molar-refractivity contribution >= 4 is 28.4 Å². The number of nitrogens with zero attached hydrogens (tertiary/aromatic N) is 3. The summed E-state index contributed by atoms with van der Waals surface area (Å²) < 4.78 is 74.8. The van der Waals surface area contributed by atoms with Gasteiger partial charge in [0.05, 0.1) is 36.6 Å². The third-order valence-corrected chi connectivity index (χ3v) is 5.67. The fraction of sp³-hybridized carbons (Fsp3) is 0.174. The first-order valence-electron chi connectivity index (χ1n) is 10.3. The molecule has 1 aliphatic rings. The third kappa shape index (κ3) is 4.05. The first-order chi connectivity index (χ1) is 16.6. The van der Waals surface area contributed by atoms with Crippen LogP contribution in [0.25, 0.3) is 16.7 Å². The number of rotatable bonds is 4. The molecule has 0 spiro atoms. The summed E-state index contributed by atoms with van der Waals surface area (Å²) in [5, 5.41) is 2.27. The van der Waals surface area contributed by atoms with Crippen LogP contribution in [0.15, 0.2) is 42.7 Å². The molecule has 1 aliphatic heterocycles. The Hall–Kier alpha value is -4.06. The minimum absolute atomic E-state index is 0.199. The van der Waals surface area contributed by atoms with Crippen LogP contribution in [0.4, 0.5) is 33.5 Å². The second-order valence-electron chi connectivity index (χ2n) is 7.90. The topological polar surface area (TPSA) is 95.1 Å². The lowest BCUT2D eigenvalue weighted by Gasteiger charge is -2.13. The number of aromatic nitrogens is 3. The lowest BCUT2D eigenvalue weighted by molar-refractivity contribution is -0.137. The van der Waals surface area contributed by atoms with E-state index in [4.69, 9.17) is 10.5 Å². The maximum Gasteiger partial charge on any atom is 0.416 e. The molecule has 0 atom stereocenters. The van der Waals surface area contributed by atoms with Gasteiger partial charge < -0.3 is 20.4 Å². The molecule has 0 aliphatic carbocycles. The van der Waals surface area contributed by atoms with Crippen molar-refractivity contribution in [2.45, 2.75) is 25.8 Å². The Labute approximate surface area is 194 Å². The summed E-state index contributed by atoms with van der Waals surface area (Å²) in [6.45, 7) is 0.575. The van der Waals surface area contributed by atoms with Crippen molar-refractivity contribution in [2.75, 3.05) is 11.1 Å². The summed E-state index contributed by atoms with van der Waals surface area (Å²) in [6, 6.07) is 5.75. The second kappa shape index (κ2) is 8.31. The Bertz CT molecular complexity index is 1480. The summed E-state index contributed by atoms with van der Waals surface area (Å²) in [6.07, 6.45) is -4.08. The summed E-state index contributed by atoms with van der Waals surface area (Å²) in [5.41, 5.74) is 7.30. The van der Waals surface area contributed by atoms with E-state index in [0.717, 1.165) is 17.3 Å². The van der Waals surface area contributed by atoms with E-state index in [-0.39, 0.29) is 18.1 Å². The molecule has 2 aromatic heterocycles. The van der Waals surface area contributed by atoms with Gasteiger partial charge >= 0.3 is 6.18 Å².